The molecule has 4 aromatic rings. The normalized spacial score (nSPS) is 11.6. The van der Waals surface area contributed by atoms with Crippen LogP contribution in [-0.4, -0.2) is 31.2 Å². The number of hydrogen-bond donors (Lipinski definition) is 4. The number of alkyl halides is 3. The highest BCUT2D eigenvalue weighted by molar-refractivity contribution is 6.04. The van der Waals surface area contributed by atoms with E-state index >= 15 is 0 Å². The van der Waals surface area contributed by atoms with E-state index in [4.69, 9.17) is 0 Å². The maximum atomic E-state index is 13.5. The molecule has 2 aromatic carbocycles. The van der Waals surface area contributed by atoms with Crippen LogP contribution in [0.15, 0.2) is 36.7 Å². The largest absolute Gasteiger partial charge is 0.503 e. The van der Waals surface area contributed by atoms with E-state index in [0.29, 0.717) is 12.1 Å². The van der Waals surface area contributed by atoms with Crippen molar-refractivity contribution in [2.45, 2.75) is 19.3 Å². The fourth-order valence-electron chi connectivity index (χ4n) is 3.20. The molecule has 0 saturated heterocycles. The van der Waals surface area contributed by atoms with E-state index in [-0.39, 0.29) is 46.8 Å². The summed E-state index contributed by atoms with van der Waals surface area (Å²) in [7, 11) is 0. The van der Waals surface area contributed by atoms with E-state index in [0.717, 1.165) is 24.5 Å². The number of H-pyrrole nitrogens is 1. The van der Waals surface area contributed by atoms with Gasteiger partial charge in [-0.15, -0.1) is 0 Å². The van der Waals surface area contributed by atoms with Crippen molar-refractivity contribution in [3.8, 4) is 5.75 Å². The van der Waals surface area contributed by atoms with Gasteiger partial charge in [0, 0.05) is 13.1 Å². The molecule has 182 valence electrons. The smallest absolute Gasteiger partial charge is 0.419 e. The number of fused-ring (bicyclic) bond motifs is 1. The first-order valence-electron chi connectivity index (χ1n) is 9.78. The number of rotatable bonds is 6. The van der Waals surface area contributed by atoms with Gasteiger partial charge in [0.25, 0.3) is 5.91 Å². The Morgan fingerprint density at radius 2 is 1.69 bits per heavy atom. The number of carbonyl (C=O) groups is 1. The maximum Gasteiger partial charge on any atom is 0.419 e. The van der Waals surface area contributed by atoms with Crippen molar-refractivity contribution in [1.82, 2.24) is 25.5 Å². The average molecular weight is 496 g/mol. The Bertz CT molecular complexity index is 1400. The van der Waals surface area contributed by atoms with Crippen molar-refractivity contribution < 1.29 is 36.2 Å². The summed E-state index contributed by atoms with van der Waals surface area (Å²) in [5.41, 5.74) is -1.21. The second kappa shape index (κ2) is 9.12. The number of carbonyl (C=O) groups excluding carboxylic acids is 1. The van der Waals surface area contributed by atoms with Gasteiger partial charge in [-0.25, -0.2) is 23.1 Å². The van der Waals surface area contributed by atoms with Crippen molar-refractivity contribution in [2.75, 3.05) is 5.32 Å². The molecule has 0 aliphatic rings. The third-order valence-electron chi connectivity index (χ3n) is 4.89. The minimum absolute atomic E-state index is 0.0118. The van der Waals surface area contributed by atoms with Crippen LogP contribution in [0.25, 0.3) is 11.0 Å². The van der Waals surface area contributed by atoms with Crippen LogP contribution in [0.1, 0.15) is 27.2 Å². The van der Waals surface area contributed by atoms with Crippen molar-refractivity contribution >= 4 is 22.8 Å². The summed E-state index contributed by atoms with van der Waals surface area (Å²) < 4.78 is 79.1. The van der Waals surface area contributed by atoms with Crippen molar-refractivity contribution in [1.29, 1.82) is 0 Å². The Labute approximate surface area is 192 Å². The van der Waals surface area contributed by atoms with Crippen LogP contribution in [0.2, 0.25) is 0 Å². The van der Waals surface area contributed by atoms with Gasteiger partial charge in [-0.05, 0) is 35.4 Å². The molecule has 0 radical (unpaired) electrons. The number of phenolic OH excluding ortho intramolecular Hbond substituents is 1. The van der Waals surface area contributed by atoms with Crippen LogP contribution in [0.5, 0.6) is 5.75 Å². The Kier molecular flexibility index (Phi) is 6.20. The van der Waals surface area contributed by atoms with Crippen molar-refractivity contribution in [3.05, 3.63) is 76.5 Å². The zero-order valence-corrected chi connectivity index (χ0v) is 17.3. The third-order valence-corrected chi connectivity index (χ3v) is 4.89. The standard InChI is InChI=1S/C21H14F6N6O2/c22-12-2-1-9(3-11(12)21(25,26)27)6-29-20(35)17-15-16(30-8-31-17)19(33-32-15)28-7-10-4-13(23)18(34)14(24)5-10/h1-5,8,34H,6-7H2,(H,29,35)(H2,28,32,33). The molecule has 0 bridgehead atoms. The van der Waals surface area contributed by atoms with E-state index in [2.05, 4.69) is 30.8 Å². The summed E-state index contributed by atoms with van der Waals surface area (Å²) in [5, 5.41) is 20.9. The van der Waals surface area contributed by atoms with Crippen LogP contribution < -0.4 is 10.6 Å². The zero-order valence-electron chi connectivity index (χ0n) is 17.3. The molecular weight excluding hydrogens is 482 g/mol. The van der Waals surface area contributed by atoms with Crippen LogP contribution in [0.4, 0.5) is 32.2 Å². The molecule has 0 saturated carbocycles. The summed E-state index contributed by atoms with van der Waals surface area (Å²) in [4.78, 5) is 20.5. The molecule has 2 aromatic heterocycles. The number of halogens is 6. The number of nitrogens with one attached hydrogen (secondary N) is 3. The number of amides is 1. The van der Waals surface area contributed by atoms with Crippen LogP contribution in [0.3, 0.4) is 0 Å². The number of anilines is 1. The van der Waals surface area contributed by atoms with Crippen molar-refractivity contribution in [2.24, 2.45) is 0 Å². The van der Waals surface area contributed by atoms with Gasteiger partial charge < -0.3 is 15.7 Å². The first-order valence-corrected chi connectivity index (χ1v) is 9.78. The highest BCUT2D eigenvalue weighted by atomic mass is 19.4. The van der Waals surface area contributed by atoms with Crippen LogP contribution in [-0.2, 0) is 19.3 Å². The highest BCUT2D eigenvalue weighted by Gasteiger charge is 2.34. The van der Waals surface area contributed by atoms with E-state index in [1.807, 2.05) is 0 Å². The van der Waals surface area contributed by atoms with Gasteiger partial charge in [-0.3, -0.25) is 9.89 Å². The predicted molar refractivity (Wildman–Crippen MR) is 110 cm³/mol. The summed E-state index contributed by atoms with van der Waals surface area (Å²) in [6.45, 7) is -0.448. The number of aromatic nitrogens is 4. The molecule has 0 spiro atoms. The summed E-state index contributed by atoms with van der Waals surface area (Å²) in [6, 6.07) is 4.21. The van der Waals surface area contributed by atoms with Crippen LogP contribution >= 0.6 is 0 Å². The number of aromatic amines is 1. The summed E-state index contributed by atoms with van der Waals surface area (Å²) >= 11 is 0. The van der Waals surface area contributed by atoms with Gasteiger partial charge in [0.05, 0.1) is 5.56 Å². The molecule has 35 heavy (non-hydrogen) atoms. The number of hydrogen-bond acceptors (Lipinski definition) is 6. The second-order valence-electron chi connectivity index (χ2n) is 7.27. The van der Waals surface area contributed by atoms with Gasteiger partial charge in [-0.2, -0.15) is 18.3 Å². The lowest BCUT2D eigenvalue weighted by molar-refractivity contribution is -0.140. The molecule has 4 N–H and O–H groups in total. The van der Waals surface area contributed by atoms with E-state index < -0.39 is 40.8 Å². The molecular formula is C21H14F6N6O2. The fourth-order valence-corrected chi connectivity index (χ4v) is 3.20. The van der Waals surface area contributed by atoms with E-state index in [9.17, 15) is 36.2 Å². The lowest BCUT2D eigenvalue weighted by atomic mass is 10.1. The number of phenols is 1. The Morgan fingerprint density at radius 1 is 0.971 bits per heavy atom. The first-order chi connectivity index (χ1) is 16.5. The highest BCUT2D eigenvalue weighted by Crippen LogP contribution is 2.32. The SMILES string of the molecule is O=C(NCc1ccc(F)c(C(F)(F)F)c1)c1ncnc2c(NCc3cc(F)c(O)c(F)c3)n[nH]c12. The average Bonchev–Trinajstić information content (AvgIpc) is 3.22. The van der Waals surface area contributed by atoms with Crippen LogP contribution in [0, 0.1) is 17.5 Å². The lowest BCUT2D eigenvalue weighted by Crippen LogP contribution is -2.24. The molecule has 14 heteroatoms. The molecule has 0 atom stereocenters. The van der Waals surface area contributed by atoms with Gasteiger partial charge in [0.2, 0.25) is 0 Å². The molecule has 0 unspecified atom stereocenters. The minimum atomic E-state index is -4.89. The summed E-state index contributed by atoms with van der Waals surface area (Å²) in [6.07, 6.45) is -3.84. The molecule has 1 amide bonds. The van der Waals surface area contributed by atoms with Gasteiger partial charge in [-0.1, -0.05) is 6.07 Å². The van der Waals surface area contributed by atoms with Gasteiger partial charge in [0.1, 0.15) is 23.2 Å². The van der Waals surface area contributed by atoms with E-state index in [1.165, 1.54) is 0 Å². The Hall–Kier alpha value is -4.36. The molecule has 8 nitrogen and oxygen atoms in total. The van der Waals surface area contributed by atoms with E-state index in [1.54, 1.807) is 0 Å². The molecule has 0 fully saturated rings. The molecule has 0 aliphatic heterocycles. The summed E-state index contributed by atoms with van der Waals surface area (Å²) in [5.74, 6) is -5.46. The number of nitrogens with zero attached hydrogens (tertiary/aromatic N) is 3. The van der Waals surface area contributed by atoms with Gasteiger partial charge in [0.15, 0.2) is 28.9 Å². The third kappa shape index (κ3) is 4.95. The molecule has 0 aliphatic carbocycles. The first kappa shape index (κ1) is 23.8. The molecule has 2 heterocycles. The zero-order chi connectivity index (χ0) is 25.3. The monoisotopic (exact) mass is 496 g/mol. The Morgan fingerprint density at radius 3 is 2.37 bits per heavy atom. The predicted octanol–water partition coefficient (Wildman–Crippen LogP) is 4.04. The number of aromatic hydroxyl groups is 1. The van der Waals surface area contributed by atoms with Gasteiger partial charge >= 0.3 is 6.18 Å². The lowest BCUT2D eigenvalue weighted by Gasteiger charge is -2.11. The quantitative estimate of drug-likeness (QED) is 0.300. The Balaban J connectivity index is 1.49. The number of benzene rings is 2. The molecule has 4 rings (SSSR count). The second-order valence-corrected chi connectivity index (χ2v) is 7.27. The fraction of sp³-hybridized carbons (Fsp3) is 0.143. The van der Waals surface area contributed by atoms with Crippen molar-refractivity contribution in [3.63, 3.8) is 0 Å². The minimum Gasteiger partial charge on any atom is -0.503 e. The maximum absolute atomic E-state index is 13.5. The topological polar surface area (TPSA) is 116 Å².